The van der Waals surface area contributed by atoms with Crippen LogP contribution in [-0.2, 0) is 9.59 Å². The Morgan fingerprint density at radius 2 is 1.92 bits per heavy atom. The van der Waals surface area contributed by atoms with Crippen LogP contribution < -0.4 is 0 Å². The number of hydrogen-bond acceptors (Lipinski definition) is 2. The number of aliphatic carboxylic acids is 1. The number of fused-ring (bicyclic) bond motifs is 5. The Balaban J connectivity index is 1.74. The first-order valence-corrected chi connectivity index (χ1v) is 9.96. The van der Waals surface area contributed by atoms with Gasteiger partial charge in [0.05, 0.1) is 5.92 Å². The Morgan fingerprint density at radius 1 is 1.20 bits per heavy atom. The molecule has 6 atom stereocenters. The summed E-state index contributed by atoms with van der Waals surface area (Å²) in [6, 6.07) is 0. The van der Waals surface area contributed by atoms with Crippen LogP contribution in [0.2, 0.25) is 0 Å². The second-order valence-corrected chi connectivity index (χ2v) is 9.67. The second-order valence-electron chi connectivity index (χ2n) is 9.22. The largest absolute Gasteiger partial charge is 0.481 e. The van der Waals surface area contributed by atoms with Crippen molar-refractivity contribution in [2.75, 3.05) is 7.05 Å². The normalized spacial score (nSPS) is 46.6. The van der Waals surface area contributed by atoms with Gasteiger partial charge < -0.3 is 10.0 Å². The van der Waals surface area contributed by atoms with Gasteiger partial charge in [0.1, 0.15) is 0 Å². The summed E-state index contributed by atoms with van der Waals surface area (Å²) in [5.41, 5.74) is 0.891. The van der Waals surface area contributed by atoms with E-state index in [1.165, 1.54) is 0 Å². The van der Waals surface area contributed by atoms with Crippen molar-refractivity contribution >= 4 is 23.5 Å². The highest BCUT2D eigenvalue weighted by Crippen LogP contribution is 2.67. The molecule has 0 aromatic carbocycles. The molecule has 0 spiro atoms. The van der Waals surface area contributed by atoms with Crippen molar-refractivity contribution in [1.29, 1.82) is 0 Å². The fourth-order valence-electron chi connectivity index (χ4n) is 7.09. The molecule has 0 radical (unpaired) electrons. The van der Waals surface area contributed by atoms with Gasteiger partial charge in [0, 0.05) is 29.6 Å². The number of hydrogen-bond donors (Lipinski definition) is 1. The molecule has 0 aromatic rings. The zero-order valence-corrected chi connectivity index (χ0v) is 16.1. The van der Waals surface area contributed by atoms with Gasteiger partial charge in [0.2, 0.25) is 5.91 Å². The molecule has 6 unspecified atom stereocenters. The second kappa shape index (κ2) is 5.48. The van der Waals surface area contributed by atoms with Crippen LogP contribution >= 0.6 is 11.6 Å². The Hall–Kier alpha value is -1.03. The lowest BCUT2D eigenvalue weighted by molar-refractivity contribution is -0.150. The van der Waals surface area contributed by atoms with Crippen molar-refractivity contribution in [1.82, 2.24) is 4.90 Å². The number of likely N-dealkylation sites (tertiary alicyclic amines) is 1. The smallest absolute Gasteiger partial charge is 0.307 e. The summed E-state index contributed by atoms with van der Waals surface area (Å²) in [6.45, 7) is 4.49. The highest BCUT2D eigenvalue weighted by molar-refractivity contribution is 6.30. The molecule has 4 aliphatic rings. The summed E-state index contributed by atoms with van der Waals surface area (Å²) in [5, 5.41) is 10.5. The Labute approximate surface area is 154 Å². The van der Waals surface area contributed by atoms with Crippen LogP contribution in [0.1, 0.15) is 58.8 Å². The number of rotatable bonds is 1. The van der Waals surface area contributed by atoms with E-state index in [0.717, 1.165) is 49.3 Å². The molecule has 5 heteroatoms. The minimum absolute atomic E-state index is 0.0503. The van der Waals surface area contributed by atoms with Crippen molar-refractivity contribution in [3.63, 3.8) is 0 Å². The zero-order valence-electron chi connectivity index (χ0n) is 15.3. The number of nitrogens with zero attached hydrogens (tertiary/aromatic N) is 1. The van der Waals surface area contributed by atoms with Crippen molar-refractivity contribution in [3.05, 3.63) is 10.7 Å². The highest BCUT2D eigenvalue weighted by atomic mass is 35.5. The Kier molecular flexibility index (Phi) is 3.81. The molecule has 25 heavy (non-hydrogen) atoms. The van der Waals surface area contributed by atoms with Gasteiger partial charge >= 0.3 is 5.97 Å². The van der Waals surface area contributed by atoms with Crippen LogP contribution in [0.3, 0.4) is 0 Å². The first-order valence-electron chi connectivity index (χ1n) is 9.58. The third kappa shape index (κ3) is 2.19. The monoisotopic (exact) mass is 365 g/mol. The molecule has 1 aliphatic heterocycles. The topological polar surface area (TPSA) is 57.6 Å². The molecule has 0 bridgehead atoms. The van der Waals surface area contributed by atoms with Gasteiger partial charge in [-0.1, -0.05) is 25.4 Å². The Morgan fingerprint density at radius 3 is 2.60 bits per heavy atom. The Bertz CT molecular complexity index is 674. The van der Waals surface area contributed by atoms with Crippen LogP contribution in [0.25, 0.3) is 0 Å². The maximum atomic E-state index is 12.2. The summed E-state index contributed by atoms with van der Waals surface area (Å²) in [6.07, 6.45) is 6.09. The first-order chi connectivity index (χ1) is 11.7. The fourth-order valence-corrected chi connectivity index (χ4v) is 7.61. The molecule has 1 amide bonds. The van der Waals surface area contributed by atoms with Crippen LogP contribution in [0.5, 0.6) is 0 Å². The van der Waals surface area contributed by atoms with E-state index in [1.807, 2.05) is 7.05 Å². The lowest BCUT2D eigenvalue weighted by Crippen LogP contribution is -2.54. The maximum absolute atomic E-state index is 12.2. The predicted molar refractivity (Wildman–Crippen MR) is 95.8 cm³/mol. The molecule has 4 rings (SSSR count). The number of carboxylic acids is 1. The average Bonchev–Trinajstić information content (AvgIpc) is 2.89. The molecule has 0 aromatic heterocycles. The number of carboxylic acid groups (broad SMARTS) is 1. The van der Waals surface area contributed by atoms with E-state index in [2.05, 4.69) is 13.8 Å². The van der Waals surface area contributed by atoms with Gasteiger partial charge in [0.25, 0.3) is 0 Å². The number of carbonyl (C=O) groups excluding carboxylic acids is 1. The molecule has 4 nitrogen and oxygen atoms in total. The molecule has 3 aliphatic carbocycles. The van der Waals surface area contributed by atoms with Crippen LogP contribution in [0.15, 0.2) is 10.7 Å². The zero-order chi connectivity index (χ0) is 18.1. The first kappa shape index (κ1) is 17.4. The van der Waals surface area contributed by atoms with E-state index in [9.17, 15) is 14.7 Å². The third-order valence-electron chi connectivity index (χ3n) is 8.33. The SMILES string of the molecule is CN1C(=O)CCC2(C)C1=C(Cl)CC1C2CCC2(C)C(C(=O)O)CCC12. The highest BCUT2D eigenvalue weighted by Gasteiger charge is 2.61. The van der Waals surface area contributed by atoms with Gasteiger partial charge in [-0.3, -0.25) is 9.59 Å². The number of piperidine rings is 1. The number of carbonyl (C=O) groups is 2. The summed E-state index contributed by atoms with van der Waals surface area (Å²) < 4.78 is 0. The van der Waals surface area contributed by atoms with Gasteiger partial charge in [0.15, 0.2) is 0 Å². The third-order valence-corrected chi connectivity index (χ3v) is 8.67. The van der Waals surface area contributed by atoms with Crippen molar-refractivity contribution in [3.8, 4) is 0 Å². The van der Waals surface area contributed by atoms with Crippen LogP contribution in [0.4, 0.5) is 0 Å². The maximum Gasteiger partial charge on any atom is 0.307 e. The lowest BCUT2D eigenvalue weighted by atomic mass is 9.49. The average molecular weight is 366 g/mol. The molecule has 2 saturated carbocycles. The van der Waals surface area contributed by atoms with Gasteiger partial charge in [-0.25, -0.2) is 0 Å². The van der Waals surface area contributed by atoms with Gasteiger partial charge in [-0.2, -0.15) is 0 Å². The lowest BCUT2D eigenvalue weighted by Gasteiger charge is -2.58. The summed E-state index contributed by atoms with van der Waals surface area (Å²) >= 11 is 6.76. The fraction of sp³-hybridized carbons (Fsp3) is 0.800. The van der Waals surface area contributed by atoms with Crippen LogP contribution in [-0.4, -0.2) is 28.9 Å². The summed E-state index contributed by atoms with van der Waals surface area (Å²) in [7, 11) is 1.86. The molecule has 3 fully saturated rings. The van der Waals surface area contributed by atoms with Crippen molar-refractivity contribution in [2.24, 2.45) is 34.5 Å². The number of amides is 1. The molecule has 138 valence electrons. The van der Waals surface area contributed by atoms with Crippen molar-refractivity contribution < 1.29 is 14.7 Å². The number of allylic oxidation sites excluding steroid dienone is 2. The molecular formula is C20H28ClNO3. The van der Waals surface area contributed by atoms with E-state index in [-0.39, 0.29) is 22.7 Å². The van der Waals surface area contributed by atoms with E-state index in [0.29, 0.717) is 24.2 Å². The minimum Gasteiger partial charge on any atom is -0.481 e. The predicted octanol–water partition coefficient (Wildman–Crippen LogP) is 4.24. The molecule has 1 N–H and O–H groups in total. The molecule has 1 saturated heterocycles. The minimum atomic E-state index is -0.629. The van der Waals surface area contributed by atoms with E-state index in [4.69, 9.17) is 11.6 Å². The quantitative estimate of drug-likeness (QED) is 0.756. The summed E-state index contributed by atoms with van der Waals surface area (Å²) in [5.74, 6) is 0.706. The van der Waals surface area contributed by atoms with Crippen molar-refractivity contribution in [2.45, 2.75) is 58.8 Å². The van der Waals surface area contributed by atoms with E-state index in [1.54, 1.807) is 4.90 Å². The summed E-state index contributed by atoms with van der Waals surface area (Å²) in [4.78, 5) is 25.8. The van der Waals surface area contributed by atoms with Crippen LogP contribution in [0, 0.1) is 34.5 Å². The van der Waals surface area contributed by atoms with E-state index < -0.39 is 5.97 Å². The van der Waals surface area contributed by atoms with Gasteiger partial charge in [-0.15, -0.1) is 0 Å². The van der Waals surface area contributed by atoms with Gasteiger partial charge in [-0.05, 0) is 61.7 Å². The standard InChI is InChI=1S/C20H28ClNO3/c1-19-8-6-13-11(12(19)4-5-14(19)18(24)25)10-15(21)17-20(13,2)9-7-16(23)22(17)3/h11-14H,4-10H2,1-3H3,(H,24,25). The molecule has 1 heterocycles. The number of halogens is 1. The molecular weight excluding hydrogens is 338 g/mol. The van der Waals surface area contributed by atoms with E-state index >= 15 is 0 Å².